The number of halogens is 1. The Balaban J connectivity index is 0.754. The maximum atomic E-state index is 14.2. The number of nitrogens with zero attached hydrogens (tertiary/aromatic N) is 5. The van der Waals surface area contributed by atoms with Crippen molar-refractivity contribution in [1.29, 1.82) is 5.26 Å². The summed E-state index contributed by atoms with van der Waals surface area (Å²) in [5, 5.41) is 22.9. The summed E-state index contributed by atoms with van der Waals surface area (Å²) in [5.74, 6) is 0.961. The molecule has 1 aliphatic heterocycles. The minimum atomic E-state index is -0.579. The molecule has 2 N–H and O–H groups in total. The predicted octanol–water partition coefficient (Wildman–Crippen LogP) is 8.14. The predicted molar refractivity (Wildman–Crippen MR) is 268 cm³/mol. The van der Waals surface area contributed by atoms with E-state index in [0.29, 0.717) is 87.0 Å². The SMILES string of the molecule is CN[C@@H](C)C(=O)N[C@H](C(=O)N1CCC[C@H]1c1nc(C(=O)c2cccc(OCCOCCOCCOCCOc3ccc(Cc4c(C)nn(-c5ccc(C#N)c(Cl)c5)c4C)cc3)c2)cs1)C1CCCCC1. The molecule has 15 nitrogen and oxygen atoms in total. The average Bonchev–Trinajstić information content (AvgIpc) is 4.14. The number of hydrogen-bond acceptors (Lipinski definition) is 13. The van der Waals surface area contributed by atoms with Crippen molar-refractivity contribution < 1.29 is 38.1 Å². The lowest BCUT2D eigenvalue weighted by molar-refractivity contribution is -0.139. The summed E-state index contributed by atoms with van der Waals surface area (Å²) < 4.78 is 30.6. The zero-order valence-electron chi connectivity index (χ0n) is 40.5. The number of benzene rings is 3. The van der Waals surface area contributed by atoms with E-state index in [-0.39, 0.29) is 29.6 Å². The van der Waals surface area contributed by atoms with E-state index in [1.165, 1.54) is 11.3 Å². The number of ether oxygens (including phenoxy) is 5. The molecule has 0 radical (unpaired) electrons. The summed E-state index contributed by atoms with van der Waals surface area (Å²) in [4.78, 5) is 47.4. The van der Waals surface area contributed by atoms with Crippen LogP contribution in [0.2, 0.25) is 5.02 Å². The smallest absolute Gasteiger partial charge is 0.246 e. The van der Waals surface area contributed by atoms with Gasteiger partial charge in [0.05, 0.1) is 73.7 Å². The molecule has 5 aromatic rings. The van der Waals surface area contributed by atoms with Crippen molar-refractivity contribution in [2.75, 3.05) is 66.4 Å². The van der Waals surface area contributed by atoms with E-state index >= 15 is 0 Å². The first-order chi connectivity index (χ1) is 34.0. The fraction of sp³-hybridized carbons (Fsp3) is 0.472. The number of thiazole rings is 1. The minimum Gasteiger partial charge on any atom is -0.491 e. The van der Waals surface area contributed by atoms with Gasteiger partial charge in [-0.3, -0.25) is 14.4 Å². The second kappa shape index (κ2) is 26.0. The fourth-order valence-corrected chi connectivity index (χ4v) is 10.1. The van der Waals surface area contributed by atoms with Gasteiger partial charge in [-0.25, -0.2) is 9.67 Å². The highest BCUT2D eigenvalue weighted by Gasteiger charge is 2.40. The number of carbonyl (C=O) groups excluding carboxylic acids is 3. The van der Waals surface area contributed by atoms with E-state index in [1.807, 2.05) is 41.6 Å². The normalized spacial score (nSPS) is 15.9. The maximum Gasteiger partial charge on any atom is 0.246 e. The number of likely N-dealkylation sites (N-methyl/N-ethyl adjacent to an activating group) is 1. The highest BCUT2D eigenvalue weighted by atomic mass is 35.5. The molecule has 0 spiro atoms. The zero-order chi connectivity index (χ0) is 49.4. The molecule has 2 fully saturated rings. The highest BCUT2D eigenvalue weighted by molar-refractivity contribution is 7.10. The van der Waals surface area contributed by atoms with E-state index in [0.717, 1.165) is 90.3 Å². The van der Waals surface area contributed by atoms with Gasteiger partial charge in [0.2, 0.25) is 17.6 Å². The molecule has 1 aliphatic carbocycles. The second-order valence-electron chi connectivity index (χ2n) is 17.7. The van der Waals surface area contributed by atoms with Gasteiger partial charge in [-0.2, -0.15) is 10.4 Å². The Morgan fingerprint density at radius 2 is 1.54 bits per heavy atom. The van der Waals surface area contributed by atoms with Crippen molar-refractivity contribution in [3.05, 3.63) is 121 Å². The Hall–Kier alpha value is -5.67. The molecule has 2 amide bonds. The van der Waals surface area contributed by atoms with E-state index in [2.05, 4.69) is 28.8 Å². The first kappa shape index (κ1) is 52.2. The summed E-state index contributed by atoms with van der Waals surface area (Å²) in [6.07, 6.45) is 7.39. The highest BCUT2D eigenvalue weighted by Crippen LogP contribution is 2.37. The van der Waals surface area contributed by atoms with Crippen LogP contribution in [0.1, 0.15) is 107 Å². The lowest BCUT2D eigenvalue weighted by atomic mass is 9.83. The largest absolute Gasteiger partial charge is 0.491 e. The molecule has 17 heteroatoms. The summed E-state index contributed by atoms with van der Waals surface area (Å²) in [6, 6.07) is 21.2. The summed E-state index contributed by atoms with van der Waals surface area (Å²) in [7, 11) is 1.74. The summed E-state index contributed by atoms with van der Waals surface area (Å²) in [5.41, 5.74) is 6.26. The number of aryl methyl sites for hydroxylation is 1. The molecule has 3 atom stereocenters. The molecule has 3 heterocycles. The number of carbonyl (C=O) groups is 3. The third kappa shape index (κ3) is 13.8. The van der Waals surface area contributed by atoms with Crippen molar-refractivity contribution in [3.63, 3.8) is 0 Å². The molecule has 3 aromatic carbocycles. The van der Waals surface area contributed by atoms with Crippen LogP contribution in [-0.2, 0) is 30.2 Å². The van der Waals surface area contributed by atoms with Crippen LogP contribution in [0, 0.1) is 31.1 Å². The van der Waals surface area contributed by atoms with E-state index in [4.69, 9.17) is 45.4 Å². The number of ketones is 1. The molecule has 1 saturated carbocycles. The molecule has 372 valence electrons. The monoisotopic (exact) mass is 993 g/mol. The molecule has 7 rings (SSSR count). The van der Waals surface area contributed by atoms with Crippen LogP contribution in [0.4, 0.5) is 0 Å². The van der Waals surface area contributed by atoms with Crippen molar-refractivity contribution in [3.8, 4) is 23.3 Å². The van der Waals surface area contributed by atoms with Crippen LogP contribution >= 0.6 is 22.9 Å². The van der Waals surface area contributed by atoms with Gasteiger partial charge in [-0.1, -0.05) is 55.1 Å². The van der Waals surface area contributed by atoms with Crippen molar-refractivity contribution in [1.82, 2.24) is 30.3 Å². The average molecular weight is 995 g/mol. The lowest BCUT2D eigenvalue weighted by Crippen LogP contribution is -2.55. The van der Waals surface area contributed by atoms with Crippen LogP contribution < -0.4 is 20.1 Å². The maximum absolute atomic E-state index is 14.2. The van der Waals surface area contributed by atoms with Crippen molar-refractivity contribution in [2.24, 2.45) is 5.92 Å². The number of nitrogens with one attached hydrogen (secondary N) is 2. The minimum absolute atomic E-state index is 0.0578. The van der Waals surface area contributed by atoms with Gasteiger partial charge in [0.15, 0.2) is 0 Å². The molecule has 1 saturated heterocycles. The van der Waals surface area contributed by atoms with Crippen LogP contribution in [0.5, 0.6) is 11.5 Å². The summed E-state index contributed by atoms with van der Waals surface area (Å²) >= 11 is 7.67. The van der Waals surface area contributed by atoms with Gasteiger partial charge in [0, 0.05) is 35.2 Å². The molecule has 70 heavy (non-hydrogen) atoms. The van der Waals surface area contributed by atoms with Gasteiger partial charge in [-0.05, 0) is 107 Å². The number of amides is 2. The molecule has 2 aliphatic rings. The quantitative estimate of drug-likeness (QED) is 0.0424. The van der Waals surface area contributed by atoms with Crippen LogP contribution in [0.25, 0.3) is 5.69 Å². The van der Waals surface area contributed by atoms with Gasteiger partial charge >= 0.3 is 0 Å². The molecule has 0 unspecified atom stereocenters. The molecule has 0 bridgehead atoms. The number of hydrogen-bond donors (Lipinski definition) is 2. The number of likely N-dealkylation sites (tertiary alicyclic amines) is 1. The van der Waals surface area contributed by atoms with Crippen molar-refractivity contribution >= 4 is 40.5 Å². The van der Waals surface area contributed by atoms with Gasteiger partial charge in [0.1, 0.15) is 47.5 Å². The van der Waals surface area contributed by atoms with Crippen LogP contribution in [-0.4, -0.2) is 116 Å². The fourth-order valence-electron chi connectivity index (χ4n) is 8.94. The first-order valence-corrected chi connectivity index (χ1v) is 25.5. The zero-order valence-corrected chi connectivity index (χ0v) is 42.1. The lowest BCUT2D eigenvalue weighted by Gasteiger charge is -2.35. The van der Waals surface area contributed by atoms with E-state index < -0.39 is 12.1 Å². The Bertz CT molecular complexity index is 2570. The van der Waals surface area contributed by atoms with E-state index in [1.54, 1.807) is 55.7 Å². The number of nitriles is 1. The van der Waals surface area contributed by atoms with E-state index in [9.17, 15) is 19.6 Å². The third-order valence-electron chi connectivity index (χ3n) is 13.0. The molecule has 2 aromatic heterocycles. The third-order valence-corrected chi connectivity index (χ3v) is 14.2. The Morgan fingerprint density at radius 3 is 2.21 bits per heavy atom. The second-order valence-corrected chi connectivity index (χ2v) is 19.0. The van der Waals surface area contributed by atoms with Gasteiger partial charge in [-0.15, -0.1) is 11.3 Å². The Morgan fingerprint density at radius 1 is 0.857 bits per heavy atom. The standard InChI is InChI=1S/C53H64ClN7O8S/c1-35-45(37(3)61(59-35)42-18-17-41(33-55)46(54)32-42)30-38-15-19-43(20-16-38)68-28-26-66-24-22-65-23-25-67-27-29-69-44-13-8-12-40(31-44)50(62)47-34-70-52(57-47)48-14-9-21-60(48)53(64)49(39-10-6-5-7-11-39)58-51(63)36(2)56-4/h8,12-13,15-20,31-32,34,36,39,48-49,56H,5-7,9-11,14,21-30H2,1-4H3,(H,58,63)/t36-,48-,49-/m0/s1. The molecular formula is C53H64ClN7O8S. The number of aromatic nitrogens is 3. The Labute approximate surface area is 419 Å². The number of rotatable bonds is 25. The topological polar surface area (TPSA) is 179 Å². The first-order valence-electron chi connectivity index (χ1n) is 24.3. The summed E-state index contributed by atoms with van der Waals surface area (Å²) in [6.45, 7) is 9.57. The van der Waals surface area contributed by atoms with Crippen LogP contribution in [0.3, 0.4) is 0 Å². The Kier molecular flexibility index (Phi) is 19.4. The molecular weight excluding hydrogens is 930 g/mol. The van der Waals surface area contributed by atoms with Gasteiger partial charge in [0.25, 0.3) is 0 Å². The van der Waals surface area contributed by atoms with Crippen LogP contribution in [0.15, 0.2) is 72.1 Å². The van der Waals surface area contributed by atoms with Crippen molar-refractivity contribution in [2.45, 2.75) is 90.3 Å². The van der Waals surface area contributed by atoms with Gasteiger partial charge < -0.3 is 39.2 Å².